The molecule has 0 bridgehead atoms. The molecule has 0 rings (SSSR count). The molecule has 0 aliphatic carbocycles. The van der Waals surface area contributed by atoms with Gasteiger partial charge in [0.25, 0.3) is 0 Å². The van der Waals surface area contributed by atoms with Crippen molar-refractivity contribution >= 4 is 17.9 Å². The van der Waals surface area contributed by atoms with Crippen molar-refractivity contribution in [3.63, 3.8) is 0 Å². The molecule has 1 atom stereocenters. The molecule has 0 saturated heterocycles. The molecule has 0 radical (unpaired) electrons. The minimum Gasteiger partial charge on any atom is -0.462 e. The van der Waals surface area contributed by atoms with Gasteiger partial charge < -0.3 is 14.2 Å². The quantitative estimate of drug-likeness (QED) is 0.0275. The van der Waals surface area contributed by atoms with Gasteiger partial charge in [0.1, 0.15) is 13.2 Å². The van der Waals surface area contributed by atoms with E-state index in [4.69, 9.17) is 14.2 Å². The fraction of sp³-hybridized carbons (Fsp3) is 0.604. The molecule has 0 aromatic carbocycles. The predicted octanol–water partition coefficient (Wildman–Crippen LogP) is 13.5. The third-order valence-electron chi connectivity index (χ3n) is 8.31. The topological polar surface area (TPSA) is 78.9 Å². The predicted molar refractivity (Wildman–Crippen MR) is 228 cm³/mol. The first-order valence-electron chi connectivity index (χ1n) is 21.2. The van der Waals surface area contributed by atoms with Crippen molar-refractivity contribution in [2.75, 3.05) is 13.2 Å². The van der Waals surface area contributed by atoms with Gasteiger partial charge in [-0.05, 0) is 109 Å². The van der Waals surface area contributed by atoms with Crippen LogP contribution in [0.15, 0.2) is 97.2 Å². The Balaban J connectivity index is 4.54. The fourth-order valence-corrected chi connectivity index (χ4v) is 5.21. The molecule has 304 valence electrons. The van der Waals surface area contributed by atoms with Gasteiger partial charge in [0, 0.05) is 19.3 Å². The van der Waals surface area contributed by atoms with Crippen LogP contribution in [0.2, 0.25) is 0 Å². The molecular weight excluding hydrogens is 673 g/mol. The van der Waals surface area contributed by atoms with Crippen molar-refractivity contribution in [3.8, 4) is 0 Å². The molecule has 0 aliphatic rings. The Bertz CT molecular complexity index is 1140. The zero-order valence-corrected chi connectivity index (χ0v) is 34.4. The smallest absolute Gasteiger partial charge is 0.306 e. The minimum absolute atomic E-state index is 0.115. The zero-order chi connectivity index (χ0) is 39.4. The first kappa shape index (κ1) is 50.3. The zero-order valence-electron chi connectivity index (χ0n) is 34.4. The lowest BCUT2D eigenvalue weighted by Crippen LogP contribution is -2.30. The number of esters is 3. The lowest BCUT2D eigenvalue weighted by Gasteiger charge is -2.18. The van der Waals surface area contributed by atoms with Gasteiger partial charge in [-0.15, -0.1) is 0 Å². The van der Waals surface area contributed by atoms with E-state index in [1.165, 1.54) is 0 Å². The van der Waals surface area contributed by atoms with Crippen LogP contribution in [0.1, 0.15) is 168 Å². The van der Waals surface area contributed by atoms with Gasteiger partial charge in [-0.3, -0.25) is 14.4 Å². The summed E-state index contributed by atoms with van der Waals surface area (Å²) < 4.78 is 16.6. The van der Waals surface area contributed by atoms with Crippen LogP contribution in [-0.2, 0) is 28.6 Å². The second-order valence-electron chi connectivity index (χ2n) is 13.5. The molecule has 0 aromatic heterocycles. The normalized spacial score (nSPS) is 13.0. The van der Waals surface area contributed by atoms with Gasteiger partial charge in [-0.2, -0.15) is 0 Å². The van der Waals surface area contributed by atoms with E-state index in [1.807, 2.05) is 0 Å². The fourth-order valence-electron chi connectivity index (χ4n) is 5.21. The van der Waals surface area contributed by atoms with Crippen molar-refractivity contribution in [2.24, 2.45) is 0 Å². The highest BCUT2D eigenvalue weighted by molar-refractivity contribution is 5.71. The Morgan fingerprint density at radius 2 is 0.667 bits per heavy atom. The van der Waals surface area contributed by atoms with Crippen molar-refractivity contribution in [2.45, 2.75) is 175 Å². The standard InChI is InChI=1S/C48H76O6/c1-4-7-10-13-16-19-22-25-28-31-34-37-40-46(49)52-43-45(54-48(51)42-39-36-33-30-27-24-21-18-15-12-9-6-3)44-53-47(50)41-38-35-32-29-26-23-20-17-14-11-8-5-2/h7-12,16-21,25,27-28,30,45H,4-6,13-15,22-24,26,29,31-44H2,1-3H3/b10-7-,11-8-,12-9-,19-16-,20-17-,21-18-,28-25-,30-27-. The molecule has 0 heterocycles. The second-order valence-corrected chi connectivity index (χ2v) is 13.5. The van der Waals surface area contributed by atoms with E-state index in [0.717, 1.165) is 116 Å². The Kier molecular flexibility index (Phi) is 39.2. The highest BCUT2D eigenvalue weighted by Gasteiger charge is 2.19. The van der Waals surface area contributed by atoms with E-state index in [1.54, 1.807) is 0 Å². The number of hydrogen-bond donors (Lipinski definition) is 0. The Morgan fingerprint density at radius 3 is 1.07 bits per heavy atom. The van der Waals surface area contributed by atoms with Crippen LogP contribution in [0.5, 0.6) is 0 Å². The van der Waals surface area contributed by atoms with E-state index in [0.29, 0.717) is 25.7 Å². The van der Waals surface area contributed by atoms with E-state index in [9.17, 15) is 14.4 Å². The van der Waals surface area contributed by atoms with Crippen LogP contribution >= 0.6 is 0 Å². The summed E-state index contributed by atoms with van der Waals surface area (Å²) in [4.78, 5) is 37.6. The number of ether oxygens (including phenoxy) is 3. The summed E-state index contributed by atoms with van der Waals surface area (Å²) >= 11 is 0. The Hall–Kier alpha value is -3.67. The highest BCUT2D eigenvalue weighted by atomic mass is 16.6. The largest absolute Gasteiger partial charge is 0.462 e. The van der Waals surface area contributed by atoms with E-state index in [-0.39, 0.29) is 37.5 Å². The average Bonchev–Trinajstić information content (AvgIpc) is 3.17. The first-order chi connectivity index (χ1) is 26.5. The van der Waals surface area contributed by atoms with Gasteiger partial charge in [0.15, 0.2) is 6.10 Å². The molecule has 0 spiro atoms. The number of hydrogen-bond acceptors (Lipinski definition) is 6. The third kappa shape index (κ3) is 39.5. The van der Waals surface area contributed by atoms with E-state index >= 15 is 0 Å². The molecule has 0 aromatic rings. The maximum Gasteiger partial charge on any atom is 0.306 e. The number of allylic oxidation sites excluding steroid dienone is 16. The molecule has 0 aliphatic heterocycles. The molecule has 0 saturated carbocycles. The summed E-state index contributed by atoms with van der Waals surface area (Å²) in [5.41, 5.74) is 0. The maximum absolute atomic E-state index is 12.7. The van der Waals surface area contributed by atoms with Gasteiger partial charge >= 0.3 is 17.9 Å². The molecule has 6 heteroatoms. The summed E-state index contributed by atoms with van der Waals surface area (Å²) in [5, 5.41) is 0. The molecule has 0 N–H and O–H groups in total. The molecule has 1 unspecified atom stereocenters. The summed E-state index contributed by atoms with van der Waals surface area (Å²) in [6.07, 6.45) is 54.0. The van der Waals surface area contributed by atoms with Crippen LogP contribution in [0.4, 0.5) is 0 Å². The van der Waals surface area contributed by atoms with E-state index in [2.05, 4.69) is 118 Å². The highest BCUT2D eigenvalue weighted by Crippen LogP contribution is 2.11. The van der Waals surface area contributed by atoms with Crippen molar-refractivity contribution in [3.05, 3.63) is 97.2 Å². The van der Waals surface area contributed by atoms with Crippen LogP contribution in [-0.4, -0.2) is 37.2 Å². The van der Waals surface area contributed by atoms with Crippen molar-refractivity contribution in [1.82, 2.24) is 0 Å². The van der Waals surface area contributed by atoms with Gasteiger partial charge in [0.05, 0.1) is 0 Å². The van der Waals surface area contributed by atoms with Crippen LogP contribution in [0.25, 0.3) is 0 Å². The summed E-state index contributed by atoms with van der Waals surface area (Å²) in [5.74, 6) is -1.02. The van der Waals surface area contributed by atoms with Crippen molar-refractivity contribution < 1.29 is 28.6 Å². The number of rotatable bonds is 36. The number of carbonyl (C=O) groups is 3. The maximum atomic E-state index is 12.7. The van der Waals surface area contributed by atoms with Crippen LogP contribution in [0.3, 0.4) is 0 Å². The summed E-state index contributed by atoms with van der Waals surface area (Å²) in [6, 6.07) is 0. The van der Waals surface area contributed by atoms with Gasteiger partial charge in [-0.25, -0.2) is 0 Å². The van der Waals surface area contributed by atoms with Crippen LogP contribution in [0, 0.1) is 0 Å². The Labute approximate surface area is 330 Å². The summed E-state index contributed by atoms with van der Waals surface area (Å²) in [6.45, 7) is 6.17. The molecule has 0 amide bonds. The lowest BCUT2D eigenvalue weighted by atomic mass is 10.1. The molecule has 54 heavy (non-hydrogen) atoms. The van der Waals surface area contributed by atoms with Crippen LogP contribution < -0.4 is 0 Å². The number of unbranched alkanes of at least 4 members (excludes halogenated alkanes) is 9. The van der Waals surface area contributed by atoms with Gasteiger partial charge in [-0.1, -0.05) is 137 Å². The summed E-state index contributed by atoms with van der Waals surface area (Å²) in [7, 11) is 0. The van der Waals surface area contributed by atoms with Gasteiger partial charge in [0.2, 0.25) is 0 Å². The monoisotopic (exact) mass is 749 g/mol. The first-order valence-corrected chi connectivity index (χ1v) is 21.2. The average molecular weight is 749 g/mol. The Morgan fingerprint density at radius 1 is 0.370 bits per heavy atom. The van der Waals surface area contributed by atoms with Crippen molar-refractivity contribution in [1.29, 1.82) is 0 Å². The molecular formula is C48H76O6. The molecule has 6 nitrogen and oxygen atoms in total. The minimum atomic E-state index is -0.816. The molecule has 0 fully saturated rings. The second kappa shape index (κ2) is 42.1. The SMILES string of the molecule is CC/C=C\C/C=C\C/C=C\CCCCC(=O)OCC(COC(=O)CCCCCCC/C=C\C/C=C\CC)OC(=O)CCCC/C=C\C/C=C\C/C=C\CC. The van der Waals surface area contributed by atoms with E-state index < -0.39 is 6.10 Å². The third-order valence-corrected chi connectivity index (χ3v) is 8.31. The number of carbonyl (C=O) groups excluding carboxylic acids is 3. The lowest BCUT2D eigenvalue weighted by molar-refractivity contribution is -0.167.